The number of hydrogen-bond acceptors (Lipinski definition) is 4. The van der Waals surface area contributed by atoms with Gasteiger partial charge in [-0.25, -0.2) is 5.43 Å². The highest BCUT2D eigenvalue weighted by molar-refractivity contribution is 6.00. The molecule has 3 rings (SSSR count). The van der Waals surface area contributed by atoms with Crippen LogP contribution in [0.1, 0.15) is 23.6 Å². The minimum absolute atomic E-state index is 0.463. The normalized spacial score (nSPS) is 11.9. The molecule has 0 heterocycles. The highest BCUT2D eigenvalue weighted by atomic mass is 16.3. The lowest BCUT2D eigenvalue weighted by Gasteiger charge is -2.27. The van der Waals surface area contributed by atoms with Crippen LogP contribution in [0.2, 0.25) is 0 Å². The number of hydrogen-bond donors (Lipinski definition) is 3. The molecule has 5 heteroatoms. The summed E-state index contributed by atoms with van der Waals surface area (Å²) in [6.07, 6.45) is 0. The minimum Gasteiger partial charge on any atom is -0.399 e. The van der Waals surface area contributed by atoms with Crippen LogP contribution in [0.25, 0.3) is 0 Å². The van der Waals surface area contributed by atoms with Crippen molar-refractivity contribution in [2.75, 3.05) is 5.73 Å². The number of carbonyl (C=O) groups is 1. The fraction of sp³-hybridized carbons (Fsp3) is 0.0909. The summed E-state index contributed by atoms with van der Waals surface area (Å²) in [6, 6.07) is 24.8. The maximum absolute atomic E-state index is 13.0. The van der Waals surface area contributed by atoms with E-state index in [0.29, 0.717) is 22.5 Å². The molecule has 0 aliphatic rings. The first-order valence-corrected chi connectivity index (χ1v) is 8.56. The van der Waals surface area contributed by atoms with Crippen molar-refractivity contribution in [2.45, 2.75) is 12.5 Å². The molecule has 0 aromatic heterocycles. The van der Waals surface area contributed by atoms with Crippen molar-refractivity contribution in [3.05, 3.63) is 102 Å². The van der Waals surface area contributed by atoms with Crippen molar-refractivity contribution < 1.29 is 9.90 Å². The van der Waals surface area contributed by atoms with Crippen LogP contribution in [0.4, 0.5) is 5.69 Å². The number of hydrazone groups is 1. The molecule has 0 aliphatic carbocycles. The number of benzene rings is 3. The van der Waals surface area contributed by atoms with Gasteiger partial charge in [0.25, 0.3) is 5.91 Å². The Labute approximate surface area is 158 Å². The molecule has 0 saturated heterocycles. The number of amides is 1. The number of aliphatic hydroxyl groups is 1. The van der Waals surface area contributed by atoms with Crippen molar-refractivity contribution in [2.24, 2.45) is 5.10 Å². The van der Waals surface area contributed by atoms with Crippen LogP contribution in [-0.2, 0) is 10.4 Å². The Bertz CT molecular complexity index is 914. The van der Waals surface area contributed by atoms with Crippen molar-refractivity contribution in [1.82, 2.24) is 5.43 Å². The van der Waals surface area contributed by atoms with Crippen LogP contribution in [0.15, 0.2) is 90.0 Å². The van der Waals surface area contributed by atoms with Crippen LogP contribution in [-0.4, -0.2) is 16.7 Å². The average Bonchev–Trinajstić information content (AvgIpc) is 2.72. The molecule has 1 amide bonds. The summed E-state index contributed by atoms with van der Waals surface area (Å²) in [5.41, 5.74) is 9.34. The largest absolute Gasteiger partial charge is 0.399 e. The van der Waals surface area contributed by atoms with Gasteiger partial charge in [0.15, 0.2) is 5.60 Å². The lowest BCUT2D eigenvalue weighted by atomic mass is 9.85. The Balaban J connectivity index is 1.94. The van der Waals surface area contributed by atoms with E-state index in [1.54, 1.807) is 67.6 Å². The van der Waals surface area contributed by atoms with Gasteiger partial charge in [-0.15, -0.1) is 0 Å². The molecular weight excluding hydrogens is 338 g/mol. The predicted octanol–water partition coefficient (Wildman–Crippen LogP) is 3.05. The molecule has 5 nitrogen and oxygen atoms in total. The zero-order valence-electron chi connectivity index (χ0n) is 15.0. The summed E-state index contributed by atoms with van der Waals surface area (Å²) >= 11 is 0. The van der Waals surface area contributed by atoms with Gasteiger partial charge in [0.2, 0.25) is 0 Å². The van der Waals surface area contributed by atoms with Gasteiger partial charge in [0.05, 0.1) is 5.71 Å². The maximum atomic E-state index is 13.0. The van der Waals surface area contributed by atoms with Crippen LogP contribution in [0.5, 0.6) is 0 Å². The summed E-state index contributed by atoms with van der Waals surface area (Å²) in [7, 11) is 0. The molecule has 0 aliphatic heterocycles. The number of nitrogens with two attached hydrogens (primary N) is 1. The second-order valence-corrected chi connectivity index (χ2v) is 6.21. The van der Waals surface area contributed by atoms with Gasteiger partial charge in [-0.05, 0) is 35.7 Å². The van der Waals surface area contributed by atoms with Crippen LogP contribution >= 0.6 is 0 Å². The summed E-state index contributed by atoms with van der Waals surface area (Å²) in [5, 5.41) is 15.5. The Morgan fingerprint density at radius 3 is 2.00 bits per heavy atom. The summed E-state index contributed by atoms with van der Waals surface area (Å²) in [6.45, 7) is 1.76. The number of carbonyl (C=O) groups excluding carboxylic acids is 1. The van der Waals surface area contributed by atoms with E-state index in [0.717, 1.165) is 5.56 Å². The Morgan fingerprint density at radius 2 is 1.48 bits per heavy atom. The molecule has 136 valence electrons. The average molecular weight is 359 g/mol. The molecule has 3 aromatic carbocycles. The standard InChI is InChI=1S/C22H21N3O2/c1-16(17-9-8-14-20(23)15-17)24-25-21(26)22(27,18-10-4-2-5-11-18)19-12-6-3-7-13-19/h2-15,27H,23H2,1H3,(H,25,26). The molecule has 0 fully saturated rings. The molecular formula is C22H21N3O2. The van der Waals surface area contributed by atoms with Crippen LogP contribution in [0.3, 0.4) is 0 Å². The molecule has 4 N–H and O–H groups in total. The third-order valence-corrected chi connectivity index (χ3v) is 4.34. The van der Waals surface area contributed by atoms with Gasteiger partial charge >= 0.3 is 0 Å². The molecule has 0 atom stereocenters. The Hall–Kier alpha value is -3.44. The number of rotatable bonds is 5. The van der Waals surface area contributed by atoms with Crippen molar-refractivity contribution >= 4 is 17.3 Å². The topological polar surface area (TPSA) is 87.7 Å². The lowest BCUT2D eigenvalue weighted by molar-refractivity contribution is -0.136. The zero-order valence-corrected chi connectivity index (χ0v) is 15.0. The van der Waals surface area contributed by atoms with Gasteiger partial charge in [-0.1, -0.05) is 72.8 Å². The van der Waals surface area contributed by atoms with Gasteiger partial charge in [-0.2, -0.15) is 5.10 Å². The molecule has 0 saturated carbocycles. The van der Waals surface area contributed by atoms with E-state index in [-0.39, 0.29) is 0 Å². The Kier molecular flexibility index (Phi) is 5.33. The molecule has 0 spiro atoms. The van der Waals surface area contributed by atoms with E-state index in [1.165, 1.54) is 0 Å². The van der Waals surface area contributed by atoms with E-state index in [1.807, 2.05) is 24.3 Å². The summed E-state index contributed by atoms with van der Waals surface area (Å²) in [4.78, 5) is 13.0. The van der Waals surface area contributed by atoms with E-state index >= 15 is 0 Å². The van der Waals surface area contributed by atoms with Gasteiger partial charge in [0.1, 0.15) is 0 Å². The first kappa shape index (κ1) is 18.4. The number of anilines is 1. The molecule has 3 aromatic rings. The first-order valence-electron chi connectivity index (χ1n) is 8.56. The van der Waals surface area contributed by atoms with Gasteiger partial charge in [0, 0.05) is 5.69 Å². The monoisotopic (exact) mass is 359 g/mol. The highest BCUT2D eigenvalue weighted by Gasteiger charge is 2.39. The molecule has 0 bridgehead atoms. The van der Waals surface area contributed by atoms with Crippen molar-refractivity contribution in [3.8, 4) is 0 Å². The van der Waals surface area contributed by atoms with E-state index in [2.05, 4.69) is 10.5 Å². The van der Waals surface area contributed by atoms with Crippen LogP contribution < -0.4 is 11.2 Å². The smallest absolute Gasteiger partial charge is 0.281 e. The number of nitrogens with zero attached hydrogens (tertiary/aromatic N) is 1. The predicted molar refractivity (Wildman–Crippen MR) is 107 cm³/mol. The van der Waals surface area contributed by atoms with Crippen molar-refractivity contribution in [3.63, 3.8) is 0 Å². The Morgan fingerprint density at radius 1 is 0.926 bits per heavy atom. The third kappa shape index (κ3) is 3.88. The van der Waals surface area contributed by atoms with E-state index in [4.69, 9.17) is 5.73 Å². The fourth-order valence-corrected chi connectivity index (χ4v) is 2.83. The highest BCUT2D eigenvalue weighted by Crippen LogP contribution is 2.29. The van der Waals surface area contributed by atoms with Gasteiger partial charge in [-0.3, -0.25) is 4.79 Å². The van der Waals surface area contributed by atoms with Crippen molar-refractivity contribution in [1.29, 1.82) is 0 Å². The number of nitrogens with one attached hydrogen (secondary N) is 1. The SMILES string of the molecule is CC(=NNC(=O)C(O)(c1ccccc1)c1ccccc1)c1cccc(N)c1. The van der Waals surface area contributed by atoms with E-state index < -0.39 is 11.5 Å². The van der Waals surface area contributed by atoms with Crippen LogP contribution in [0, 0.1) is 0 Å². The molecule has 27 heavy (non-hydrogen) atoms. The van der Waals surface area contributed by atoms with E-state index in [9.17, 15) is 9.90 Å². The maximum Gasteiger partial charge on any atom is 0.281 e. The summed E-state index contributed by atoms with van der Waals surface area (Å²) < 4.78 is 0. The minimum atomic E-state index is -1.86. The third-order valence-electron chi connectivity index (χ3n) is 4.34. The first-order chi connectivity index (χ1) is 13.0. The fourth-order valence-electron chi connectivity index (χ4n) is 2.83. The molecule has 0 unspecified atom stereocenters. The summed E-state index contributed by atoms with van der Waals surface area (Å²) in [5.74, 6) is -0.636. The number of nitrogen functional groups attached to an aromatic ring is 1. The van der Waals surface area contributed by atoms with Gasteiger partial charge < -0.3 is 10.8 Å². The quantitative estimate of drug-likeness (QED) is 0.372. The zero-order chi connectivity index (χ0) is 19.3. The second kappa shape index (κ2) is 7.85. The second-order valence-electron chi connectivity index (χ2n) is 6.21. The molecule has 0 radical (unpaired) electrons. The lowest BCUT2D eigenvalue weighted by Crippen LogP contribution is -2.43.